The Morgan fingerprint density at radius 1 is 0.909 bits per heavy atom. The maximum absolute atomic E-state index is 12.7. The summed E-state index contributed by atoms with van der Waals surface area (Å²) < 4.78 is 68.4. The number of benzene rings is 3. The van der Waals surface area contributed by atoms with E-state index in [0.717, 1.165) is 23.3 Å². The maximum Gasteiger partial charge on any atom is 0.573 e. The van der Waals surface area contributed by atoms with Gasteiger partial charge in [-0.05, 0) is 66.9 Å². The molecule has 0 spiro atoms. The lowest BCUT2D eigenvalue weighted by Gasteiger charge is -2.13. The number of alkyl halides is 3. The van der Waals surface area contributed by atoms with E-state index in [1.54, 1.807) is 26.0 Å². The molecule has 0 aliphatic heterocycles. The van der Waals surface area contributed by atoms with E-state index in [1.165, 1.54) is 36.4 Å². The van der Waals surface area contributed by atoms with Gasteiger partial charge in [-0.2, -0.15) is 0 Å². The molecule has 0 aliphatic rings. The van der Waals surface area contributed by atoms with E-state index in [1.807, 2.05) is 6.07 Å². The highest BCUT2D eigenvalue weighted by Gasteiger charge is 2.31. The molecular formula is C23H21F3N2O4S. The molecule has 0 aromatic heterocycles. The van der Waals surface area contributed by atoms with E-state index in [9.17, 15) is 26.4 Å². The van der Waals surface area contributed by atoms with Crippen LogP contribution in [0.5, 0.6) is 5.75 Å². The first-order valence-corrected chi connectivity index (χ1v) is 11.2. The molecule has 0 bridgehead atoms. The van der Waals surface area contributed by atoms with E-state index in [2.05, 4.69) is 14.8 Å². The van der Waals surface area contributed by atoms with E-state index in [0.29, 0.717) is 16.9 Å². The van der Waals surface area contributed by atoms with Gasteiger partial charge in [0.15, 0.2) is 0 Å². The van der Waals surface area contributed by atoms with Crippen molar-refractivity contribution in [2.45, 2.75) is 31.5 Å². The molecule has 3 rings (SSSR count). The number of aryl methyl sites for hydroxylation is 2. The molecule has 10 heteroatoms. The highest BCUT2D eigenvalue weighted by atomic mass is 32.2. The normalized spacial score (nSPS) is 11.7. The number of para-hydroxylation sites is 1. The predicted molar refractivity (Wildman–Crippen MR) is 119 cm³/mol. The highest BCUT2D eigenvalue weighted by Crippen LogP contribution is 2.25. The van der Waals surface area contributed by atoms with Gasteiger partial charge in [-0.15, -0.1) is 13.2 Å². The molecule has 3 aromatic rings. The molecule has 0 saturated carbocycles. The second-order valence-electron chi connectivity index (χ2n) is 7.31. The summed E-state index contributed by atoms with van der Waals surface area (Å²) in [6.45, 7) is 3.61. The number of amides is 1. The van der Waals surface area contributed by atoms with E-state index >= 15 is 0 Å². The first-order chi connectivity index (χ1) is 15.4. The van der Waals surface area contributed by atoms with Crippen LogP contribution in [0, 0.1) is 13.8 Å². The molecular weight excluding hydrogens is 457 g/mol. The molecule has 33 heavy (non-hydrogen) atoms. The summed E-state index contributed by atoms with van der Waals surface area (Å²) in [6, 6.07) is 16.1. The van der Waals surface area contributed by atoms with Crippen LogP contribution in [0.2, 0.25) is 0 Å². The lowest BCUT2D eigenvalue weighted by atomic mass is 10.1. The Hall–Kier alpha value is -3.53. The summed E-state index contributed by atoms with van der Waals surface area (Å²) in [5, 5.41) is 2.62. The second kappa shape index (κ2) is 9.53. The average molecular weight is 478 g/mol. The third kappa shape index (κ3) is 6.72. The fraction of sp³-hybridized carbons (Fsp3) is 0.174. The van der Waals surface area contributed by atoms with Crippen molar-refractivity contribution < 1.29 is 31.1 Å². The number of sulfonamides is 1. The molecule has 174 valence electrons. The number of hydrogen-bond acceptors (Lipinski definition) is 4. The van der Waals surface area contributed by atoms with Crippen LogP contribution in [0.15, 0.2) is 71.6 Å². The molecule has 0 radical (unpaired) electrons. The Morgan fingerprint density at radius 2 is 1.48 bits per heavy atom. The number of nitrogens with one attached hydrogen (secondary N) is 2. The maximum atomic E-state index is 12.7. The summed E-state index contributed by atoms with van der Waals surface area (Å²) in [6.07, 6.45) is -4.87. The van der Waals surface area contributed by atoms with Crippen molar-refractivity contribution in [2.24, 2.45) is 0 Å². The fourth-order valence-electron chi connectivity index (χ4n) is 3.09. The van der Waals surface area contributed by atoms with Gasteiger partial charge in [0.25, 0.3) is 10.0 Å². The van der Waals surface area contributed by atoms with Crippen molar-refractivity contribution in [3.8, 4) is 5.75 Å². The summed E-state index contributed by atoms with van der Waals surface area (Å²) >= 11 is 0. The topological polar surface area (TPSA) is 84.5 Å². The molecule has 0 unspecified atom stereocenters. The van der Waals surface area contributed by atoms with E-state index in [4.69, 9.17) is 0 Å². The van der Waals surface area contributed by atoms with Crippen LogP contribution >= 0.6 is 0 Å². The Balaban J connectivity index is 1.62. The van der Waals surface area contributed by atoms with Crippen LogP contribution in [0.4, 0.5) is 24.5 Å². The van der Waals surface area contributed by atoms with Crippen molar-refractivity contribution in [1.29, 1.82) is 0 Å². The van der Waals surface area contributed by atoms with Gasteiger partial charge in [0.1, 0.15) is 5.75 Å². The fourth-order valence-corrected chi connectivity index (χ4v) is 4.29. The molecule has 0 heterocycles. The van der Waals surface area contributed by atoms with Gasteiger partial charge in [-0.3, -0.25) is 9.52 Å². The second-order valence-corrected chi connectivity index (χ2v) is 9.00. The van der Waals surface area contributed by atoms with Gasteiger partial charge in [0, 0.05) is 5.69 Å². The van der Waals surface area contributed by atoms with Crippen molar-refractivity contribution in [1.82, 2.24) is 0 Å². The molecule has 0 fully saturated rings. The molecule has 6 nitrogen and oxygen atoms in total. The van der Waals surface area contributed by atoms with Gasteiger partial charge in [0.05, 0.1) is 17.0 Å². The van der Waals surface area contributed by atoms with Crippen molar-refractivity contribution in [3.05, 3.63) is 83.4 Å². The standard InChI is InChI=1S/C23H21F3N2O4S/c1-15-4-3-5-16(2)22(15)28-33(30,31)20-12-8-18(9-13-20)27-21(29)14-17-6-10-19(11-7-17)32-23(24,25)26/h3-13,28H,14H2,1-2H3,(H,27,29). The molecule has 0 aliphatic carbocycles. The van der Waals surface area contributed by atoms with Gasteiger partial charge >= 0.3 is 6.36 Å². The quantitative estimate of drug-likeness (QED) is 0.490. The minimum absolute atomic E-state index is 0.0309. The summed E-state index contributed by atoms with van der Waals surface area (Å²) in [5.41, 5.74) is 2.96. The van der Waals surface area contributed by atoms with Crippen molar-refractivity contribution in [2.75, 3.05) is 10.0 Å². The van der Waals surface area contributed by atoms with Crippen molar-refractivity contribution >= 4 is 27.3 Å². The predicted octanol–water partition coefficient (Wildman–Crippen LogP) is 5.18. The number of anilines is 2. The number of halogens is 3. The Kier molecular flexibility index (Phi) is 6.97. The molecule has 0 saturated heterocycles. The minimum atomic E-state index is -4.78. The number of hydrogen-bond donors (Lipinski definition) is 2. The third-order valence-electron chi connectivity index (χ3n) is 4.69. The molecule has 3 aromatic carbocycles. The van der Waals surface area contributed by atoms with Gasteiger partial charge in [-0.25, -0.2) is 8.42 Å². The molecule has 0 atom stereocenters. The van der Waals surface area contributed by atoms with Crippen LogP contribution in [0.25, 0.3) is 0 Å². The Morgan fingerprint density at radius 3 is 2.03 bits per heavy atom. The van der Waals surface area contributed by atoms with Crippen LogP contribution in [-0.4, -0.2) is 20.7 Å². The first-order valence-electron chi connectivity index (χ1n) is 9.76. The number of ether oxygens (including phenoxy) is 1. The first kappa shape index (κ1) is 24.1. The van der Waals surface area contributed by atoms with E-state index in [-0.39, 0.29) is 17.1 Å². The van der Waals surface area contributed by atoms with Crippen LogP contribution in [-0.2, 0) is 21.2 Å². The third-order valence-corrected chi connectivity index (χ3v) is 6.05. The van der Waals surface area contributed by atoms with Crippen molar-refractivity contribution in [3.63, 3.8) is 0 Å². The van der Waals surface area contributed by atoms with Crippen LogP contribution < -0.4 is 14.8 Å². The largest absolute Gasteiger partial charge is 0.573 e. The number of rotatable bonds is 7. The van der Waals surface area contributed by atoms with Gasteiger partial charge < -0.3 is 10.1 Å². The Bertz CT molecular complexity index is 1220. The van der Waals surface area contributed by atoms with Crippen LogP contribution in [0.3, 0.4) is 0 Å². The zero-order valence-corrected chi connectivity index (χ0v) is 18.5. The number of carbonyl (C=O) groups is 1. The summed E-state index contributed by atoms with van der Waals surface area (Å²) in [4.78, 5) is 12.3. The lowest BCUT2D eigenvalue weighted by Crippen LogP contribution is -2.17. The van der Waals surface area contributed by atoms with E-state index < -0.39 is 22.3 Å². The SMILES string of the molecule is Cc1cccc(C)c1NS(=O)(=O)c1ccc(NC(=O)Cc2ccc(OC(F)(F)F)cc2)cc1. The molecule has 2 N–H and O–H groups in total. The summed E-state index contributed by atoms with van der Waals surface area (Å²) in [5.74, 6) is -0.790. The zero-order valence-electron chi connectivity index (χ0n) is 17.7. The Labute approximate surface area is 189 Å². The minimum Gasteiger partial charge on any atom is -0.406 e. The average Bonchev–Trinajstić information content (AvgIpc) is 2.72. The number of carbonyl (C=O) groups excluding carboxylic acids is 1. The van der Waals surface area contributed by atoms with Gasteiger partial charge in [0.2, 0.25) is 5.91 Å². The zero-order chi connectivity index (χ0) is 24.2. The lowest BCUT2D eigenvalue weighted by molar-refractivity contribution is -0.274. The highest BCUT2D eigenvalue weighted by molar-refractivity contribution is 7.92. The molecule has 1 amide bonds. The monoisotopic (exact) mass is 478 g/mol. The smallest absolute Gasteiger partial charge is 0.406 e. The van der Waals surface area contributed by atoms with Gasteiger partial charge in [-0.1, -0.05) is 30.3 Å². The summed E-state index contributed by atoms with van der Waals surface area (Å²) in [7, 11) is -3.82. The van der Waals surface area contributed by atoms with Crippen LogP contribution in [0.1, 0.15) is 16.7 Å².